The Hall–Kier alpha value is -2.74. The van der Waals surface area contributed by atoms with Crippen LogP contribution < -0.4 is 5.32 Å². The van der Waals surface area contributed by atoms with Gasteiger partial charge in [-0.3, -0.25) is 19.6 Å². The highest BCUT2D eigenvalue weighted by atomic mass is 16.6. The summed E-state index contributed by atoms with van der Waals surface area (Å²) < 4.78 is 1.20. The second kappa shape index (κ2) is 6.35. The Bertz CT molecular complexity index is 724. The smallest absolute Gasteiger partial charge is 0.322 e. The monoisotopic (exact) mass is 304 g/mol. The molecule has 2 aromatic rings. The molecule has 22 heavy (non-hydrogen) atoms. The number of aromatic nitrogens is 2. The van der Waals surface area contributed by atoms with Crippen LogP contribution in [-0.4, -0.2) is 25.7 Å². The van der Waals surface area contributed by atoms with Gasteiger partial charge in [-0.05, 0) is 18.1 Å². The Morgan fingerprint density at radius 2 is 2.05 bits per heavy atom. The van der Waals surface area contributed by atoms with Gasteiger partial charge in [0.15, 0.2) is 0 Å². The van der Waals surface area contributed by atoms with Crippen molar-refractivity contribution in [2.45, 2.75) is 20.1 Å². The van der Waals surface area contributed by atoms with E-state index in [1.165, 1.54) is 18.7 Å². The van der Waals surface area contributed by atoms with E-state index in [0.29, 0.717) is 5.56 Å². The van der Waals surface area contributed by atoms with Gasteiger partial charge in [0.05, 0.1) is 11.5 Å². The summed E-state index contributed by atoms with van der Waals surface area (Å²) in [5, 5.41) is 26.9. The van der Waals surface area contributed by atoms with Crippen molar-refractivity contribution in [1.29, 1.82) is 0 Å². The zero-order valence-electron chi connectivity index (χ0n) is 12.2. The lowest BCUT2D eigenvalue weighted by Gasteiger charge is -2.08. The Morgan fingerprint density at radius 3 is 2.64 bits per heavy atom. The molecule has 0 unspecified atom stereocenters. The van der Waals surface area contributed by atoms with Crippen molar-refractivity contribution in [2.24, 2.45) is 7.05 Å². The number of nitrogens with zero attached hydrogens (tertiary/aromatic N) is 3. The Balaban J connectivity index is 2.22. The van der Waals surface area contributed by atoms with E-state index < -0.39 is 10.8 Å². The van der Waals surface area contributed by atoms with Crippen molar-refractivity contribution >= 4 is 11.6 Å². The molecule has 0 fully saturated rings. The number of benzene rings is 1. The minimum absolute atomic E-state index is 0.0935. The van der Waals surface area contributed by atoms with Gasteiger partial charge in [0.2, 0.25) is 5.69 Å². The van der Waals surface area contributed by atoms with Crippen molar-refractivity contribution in [2.75, 3.05) is 0 Å². The molecule has 0 bridgehead atoms. The highest BCUT2D eigenvalue weighted by Crippen LogP contribution is 2.22. The van der Waals surface area contributed by atoms with Gasteiger partial charge in [-0.2, -0.15) is 5.10 Å². The quantitative estimate of drug-likeness (QED) is 0.634. The number of aryl methyl sites for hydroxylation is 2. The second-order valence-corrected chi connectivity index (χ2v) is 4.77. The summed E-state index contributed by atoms with van der Waals surface area (Å²) in [5.41, 5.74) is 1.24. The van der Waals surface area contributed by atoms with Gasteiger partial charge >= 0.3 is 5.69 Å². The van der Waals surface area contributed by atoms with Crippen molar-refractivity contribution < 1.29 is 14.8 Å². The molecule has 1 aromatic carbocycles. The number of nitro groups is 1. The van der Waals surface area contributed by atoms with E-state index in [-0.39, 0.29) is 30.2 Å². The van der Waals surface area contributed by atoms with E-state index in [1.54, 1.807) is 24.3 Å². The number of aliphatic hydroxyl groups is 1. The summed E-state index contributed by atoms with van der Waals surface area (Å²) in [4.78, 5) is 22.7. The molecule has 2 N–H and O–H groups in total. The first-order chi connectivity index (χ1) is 10.5. The molecule has 116 valence electrons. The Morgan fingerprint density at radius 1 is 1.41 bits per heavy atom. The van der Waals surface area contributed by atoms with Crippen molar-refractivity contribution in [3.8, 4) is 0 Å². The van der Waals surface area contributed by atoms with Crippen LogP contribution in [-0.2, 0) is 20.2 Å². The fourth-order valence-electron chi connectivity index (χ4n) is 2.26. The van der Waals surface area contributed by atoms with E-state index in [2.05, 4.69) is 10.4 Å². The van der Waals surface area contributed by atoms with Crippen molar-refractivity contribution in [1.82, 2.24) is 15.1 Å². The summed E-state index contributed by atoms with van der Waals surface area (Å²) in [6.07, 6.45) is 0. The SMILES string of the molecule is Cc1nn(C)c(C(=O)NCc2ccccc2CO)c1[N+](=O)[O-]. The third-order valence-electron chi connectivity index (χ3n) is 3.32. The van der Waals surface area contributed by atoms with Gasteiger partial charge < -0.3 is 10.4 Å². The molecule has 1 amide bonds. The number of carbonyl (C=O) groups excluding carboxylic acids is 1. The van der Waals surface area contributed by atoms with Crippen LogP contribution in [0, 0.1) is 17.0 Å². The van der Waals surface area contributed by atoms with Crippen LogP contribution >= 0.6 is 0 Å². The summed E-state index contributed by atoms with van der Waals surface area (Å²) in [6, 6.07) is 7.09. The predicted octanol–water partition coefficient (Wildman–Crippen LogP) is 1.06. The van der Waals surface area contributed by atoms with Crippen LogP contribution in [0.25, 0.3) is 0 Å². The molecule has 8 nitrogen and oxygen atoms in total. The maximum absolute atomic E-state index is 12.2. The number of aliphatic hydroxyl groups excluding tert-OH is 1. The predicted molar refractivity (Wildman–Crippen MR) is 78.1 cm³/mol. The first-order valence-corrected chi connectivity index (χ1v) is 6.59. The zero-order chi connectivity index (χ0) is 16.3. The Labute approximate surface area is 126 Å². The molecule has 0 atom stereocenters. The van der Waals surface area contributed by atoms with Gasteiger partial charge in [0, 0.05) is 13.6 Å². The first kappa shape index (κ1) is 15.6. The summed E-state index contributed by atoms with van der Waals surface area (Å²) in [5.74, 6) is -0.581. The normalized spacial score (nSPS) is 10.5. The van der Waals surface area contributed by atoms with Crippen LogP contribution in [0.1, 0.15) is 27.3 Å². The molecule has 2 rings (SSSR count). The molecule has 1 aromatic heterocycles. The molecule has 1 heterocycles. The average molecular weight is 304 g/mol. The molecule has 0 radical (unpaired) electrons. The highest BCUT2D eigenvalue weighted by Gasteiger charge is 2.29. The summed E-state index contributed by atoms with van der Waals surface area (Å²) in [6.45, 7) is 1.50. The third-order valence-corrected chi connectivity index (χ3v) is 3.32. The molecule has 0 spiro atoms. The number of amides is 1. The zero-order valence-corrected chi connectivity index (χ0v) is 12.2. The van der Waals surface area contributed by atoms with Crippen LogP contribution in [0.15, 0.2) is 24.3 Å². The second-order valence-electron chi connectivity index (χ2n) is 4.77. The minimum atomic E-state index is -0.612. The molecule has 8 heteroatoms. The number of nitrogens with one attached hydrogen (secondary N) is 1. The lowest BCUT2D eigenvalue weighted by atomic mass is 10.1. The van der Waals surface area contributed by atoms with E-state index in [0.717, 1.165) is 5.56 Å². The van der Waals surface area contributed by atoms with Gasteiger partial charge in [-0.25, -0.2) is 0 Å². The lowest BCUT2D eigenvalue weighted by Crippen LogP contribution is -2.26. The fraction of sp³-hybridized carbons (Fsp3) is 0.286. The summed E-state index contributed by atoms with van der Waals surface area (Å²) in [7, 11) is 1.48. The molecule has 0 aliphatic heterocycles. The largest absolute Gasteiger partial charge is 0.392 e. The van der Waals surface area contributed by atoms with Gasteiger partial charge in [-0.15, -0.1) is 0 Å². The maximum Gasteiger partial charge on any atom is 0.322 e. The fourth-order valence-corrected chi connectivity index (χ4v) is 2.26. The maximum atomic E-state index is 12.2. The third kappa shape index (κ3) is 2.96. The molecule has 0 saturated heterocycles. The van der Waals surface area contributed by atoms with Crippen LogP contribution in [0.3, 0.4) is 0 Å². The first-order valence-electron chi connectivity index (χ1n) is 6.59. The van der Waals surface area contributed by atoms with Crippen molar-refractivity contribution in [3.05, 3.63) is 56.9 Å². The molecule has 0 aliphatic rings. The van der Waals surface area contributed by atoms with E-state index in [1.807, 2.05) is 0 Å². The van der Waals surface area contributed by atoms with E-state index >= 15 is 0 Å². The lowest BCUT2D eigenvalue weighted by molar-refractivity contribution is -0.385. The number of carbonyl (C=O) groups is 1. The molecule has 0 saturated carbocycles. The van der Waals surface area contributed by atoms with E-state index in [4.69, 9.17) is 0 Å². The molecule has 0 aliphatic carbocycles. The average Bonchev–Trinajstić information content (AvgIpc) is 2.79. The van der Waals surface area contributed by atoms with Gasteiger partial charge in [0.1, 0.15) is 5.69 Å². The number of hydrogen-bond donors (Lipinski definition) is 2. The van der Waals surface area contributed by atoms with Crippen molar-refractivity contribution in [3.63, 3.8) is 0 Å². The molecular formula is C14H16N4O4. The van der Waals surface area contributed by atoms with Crippen LogP contribution in [0.5, 0.6) is 0 Å². The van der Waals surface area contributed by atoms with Gasteiger partial charge in [0.25, 0.3) is 5.91 Å². The van der Waals surface area contributed by atoms with Crippen LogP contribution in [0.4, 0.5) is 5.69 Å². The number of rotatable bonds is 5. The standard InChI is InChI=1S/C14H16N4O4/c1-9-12(18(21)22)13(17(2)16-9)14(20)15-7-10-5-3-4-6-11(10)8-19/h3-6,19H,7-8H2,1-2H3,(H,15,20). The van der Waals surface area contributed by atoms with Gasteiger partial charge in [-0.1, -0.05) is 24.3 Å². The minimum Gasteiger partial charge on any atom is -0.392 e. The highest BCUT2D eigenvalue weighted by molar-refractivity contribution is 5.96. The molecular weight excluding hydrogens is 288 g/mol. The Kier molecular flexibility index (Phi) is 4.52. The topological polar surface area (TPSA) is 110 Å². The number of hydrogen-bond acceptors (Lipinski definition) is 5. The summed E-state index contributed by atoms with van der Waals surface area (Å²) >= 11 is 0. The van der Waals surface area contributed by atoms with E-state index in [9.17, 15) is 20.0 Å². The van der Waals surface area contributed by atoms with Crippen LogP contribution in [0.2, 0.25) is 0 Å².